The zero-order chi connectivity index (χ0) is 15.5. The summed E-state index contributed by atoms with van der Waals surface area (Å²) >= 11 is 0. The largest absolute Gasteiger partial charge is 0.183 e. The van der Waals surface area contributed by atoms with Crippen molar-refractivity contribution >= 4 is 11.8 Å². The summed E-state index contributed by atoms with van der Waals surface area (Å²) in [6, 6.07) is 19.3. The van der Waals surface area contributed by atoms with E-state index >= 15 is 0 Å². The molecule has 2 aromatic rings. The first-order valence-electron chi connectivity index (χ1n) is 6.30. The molecule has 108 valence electrons. The van der Waals surface area contributed by atoms with Crippen molar-refractivity contribution in [1.82, 2.24) is 0 Å². The van der Waals surface area contributed by atoms with E-state index in [1.54, 1.807) is 0 Å². The van der Waals surface area contributed by atoms with Crippen LogP contribution in [0.5, 0.6) is 0 Å². The standard InChI is InChI=1S/C14H12N8/c15-17-19-21-22-20-18-16-14(13-9-5-2-6-10-13)11-12-7-3-1-4-8-12/h1-11,15H. The molecule has 0 fully saturated rings. The van der Waals surface area contributed by atoms with Crippen LogP contribution >= 0.6 is 0 Å². The Morgan fingerprint density at radius 2 is 1.32 bits per heavy atom. The van der Waals surface area contributed by atoms with Gasteiger partial charge < -0.3 is 0 Å². The lowest BCUT2D eigenvalue weighted by molar-refractivity contribution is 0.792. The van der Waals surface area contributed by atoms with Crippen LogP contribution < -0.4 is 0 Å². The minimum atomic E-state index is 0.632. The Labute approximate surface area is 126 Å². The molecule has 8 nitrogen and oxygen atoms in total. The fraction of sp³-hybridized carbons (Fsp3) is 0. The molecule has 0 aliphatic heterocycles. The summed E-state index contributed by atoms with van der Waals surface area (Å²) in [6.07, 6.45) is 1.88. The molecule has 8 heteroatoms. The molecule has 0 amide bonds. The molecule has 0 heterocycles. The van der Waals surface area contributed by atoms with Gasteiger partial charge in [-0.15, -0.1) is 5.11 Å². The number of hydrogen-bond donors (Lipinski definition) is 1. The maximum absolute atomic E-state index is 6.39. The van der Waals surface area contributed by atoms with Crippen molar-refractivity contribution in [3.63, 3.8) is 0 Å². The summed E-state index contributed by atoms with van der Waals surface area (Å²) in [5.41, 5.74) is 8.91. The highest BCUT2D eigenvalue weighted by atomic mass is 15.6. The molecular weight excluding hydrogens is 280 g/mol. The van der Waals surface area contributed by atoms with Crippen LogP contribution in [0, 0.1) is 5.53 Å². The summed E-state index contributed by atoms with van der Waals surface area (Å²) in [5.74, 6) is 0. The van der Waals surface area contributed by atoms with Crippen LogP contribution in [0.3, 0.4) is 0 Å². The number of hydrogen-bond acceptors (Lipinski definition) is 2. The zero-order valence-electron chi connectivity index (χ0n) is 11.5. The SMILES string of the molecule is N=NN=NN=NN=NC(=Cc1ccccc1)c1ccccc1. The van der Waals surface area contributed by atoms with Gasteiger partial charge in [0.1, 0.15) is 0 Å². The average Bonchev–Trinajstić information content (AvgIpc) is 2.58. The van der Waals surface area contributed by atoms with E-state index in [-0.39, 0.29) is 0 Å². The monoisotopic (exact) mass is 292 g/mol. The van der Waals surface area contributed by atoms with Crippen molar-refractivity contribution < 1.29 is 0 Å². The molecule has 0 aliphatic carbocycles. The van der Waals surface area contributed by atoms with Gasteiger partial charge in [0.25, 0.3) is 0 Å². The van der Waals surface area contributed by atoms with Gasteiger partial charge in [-0.3, -0.25) is 0 Å². The summed E-state index contributed by atoms with van der Waals surface area (Å²) in [7, 11) is 0. The lowest BCUT2D eigenvalue weighted by Gasteiger charge is -2.00. The Kier molecular flexibility index (Phi) is 5.92. The Bertz CT molecular complexity index is 704. The summed E-state index contributed by atoms with van der Waals surface area (Å²) in [5, 5.41) is 22.9. The second-order valence-electron chi connectivity index (χ2n) is 3.95. The van der Waals surface area contributed by atoms with E-state index in [1.165, 1.54) is 0 Å². The second-order valence-corrected chi connectivity index (χ2v) is 3.95. The number of rotatable bonds is 6. The van der Waals surface area contributed by atoms with Crippen LogP contribution in [-0.4, -0.2) is 0 Å². The van der Waals surface area contributed by atoms with E-state index < -0.39 is 0 Å². The maximum Gasteiger partial charge on any atom is 0.0953 e. The normalized spacial score (nSPS) is 12.5. The van der Waals surface area contributed by atoms with Gasteiger partial charge in [-0.2, -0.15) is 5.53 Å². The van der Waals surface area contributed by atoms with Crippen molar-refractivity contribution in [2.75, 3.05) is 0 Å². The Balaban J connectivity index is 2.25. The van der Waals surface area contributed by atoms with Crippen LogP contribution in [0.2, 0.25) is 0 Å². The molecule has 1 N–H and O–H groups in total. The van der Waals surface area contributed by atoms with Crippen LogP contribution in [-0.2, 0) is 0 Å². The molecule has 0 aliphatic rings. The molecule has 0 radical (unpaired) electrons. The average molecular weight is 292 g/mol. The number of benzene rings is 2. The molecule has 0 aromatic heterocycles. The van der Waals surface area contributed by atoms with Gasteiger partial charge in [-0.1, -0.05) is 60.7 Å². The van der Waals surface area contributed by atoms with Gasteiger partial charge in [0.15, 0.2) is 0 Å². The zero-order valence-corrected chi connectivity index (χ0v) is 11.5. The van der Waals surface area contributed by atoms with Gasteiger partial charge in [-0.05, 0) is 43.0 Å². The quantitative estimate of drug-likeness (QED) is 0.422. The fourth-order valence-electron chi connectivity index (χ4n) is 1.63. The van der Waals surface area contributed by atoms with E-state index in [2.05, 4.69) is 36.5 Å². The number of nitrogens with zero attached hydrogens (tertiary/aromatic N) is 7. The highest BCUT2D eigenvalue weighted by molar-refractivity contribution is 5.80. The smallest absolute Gasteiger partial charge is 0.0953 e. The Hall–Kier alpha value is -3.42. The minimum Gasteiger partial charge on any atom is -0.183 e. The van der Waals surface area contributed by atoms with Gasteiger partial charge in [0.2, 0.25) is 0 Å². The predicted octanol–water partition coefficient (Wildman–Crippen LogP) is 5.32. The maximum atomic E-state index is 6.39. The predicted molar refractivity (Wildman–Crippen MR) is 80.5 cm³/mol. The van der Waals surface area contributed by atoms with E-state index in [4.69, 9.17) is 5.53 Å². The van der Waals surface area contributed by atoms with Crippen LogP contribution in [0.1, 0.15) is 11.1 Å². The summed E-state index contributed by atoms with van der Waals surface area (Å²) < 4.78 is 0. The minimum absolute atomic E-state index is 0.632. The van der Waals surface area contributed by atoms with Crippen LogP contribution in [0.4, 0.5) is 0 Å². The van der Waals surface area contributed by atoms with Crippen LogP contribution in [0.25, 0.3) is 11.8 Å². The first-order chi connectivity index (χ1) is 10.9. The lowest BCUT2D eigenvalue weighted by Crippen LogP contribution is -1.80. The highest BCUT2D eigenvalue weighted by Gasteiger charge is 2.00. The van der Waals surface area contributed by atoms with Gasteiger partial charge in [0.05, 0.1) is 5.70 Å². The van der Waals surface area contributed by atoms with Crippen molar-refractivity contribution in [2.45, 2.75) is 0 Å². The van der Waals surface area contributed by atoms with Crippen molar-refractivity contribution in [3.05, 3.63) is 71.8 Å². The Morgan fingerprint density at radius 1 is 0.727 bits per heavy atom. The lowest BCUT2D eigenvalue weighted by atomic mass is 10.1. The molecular formula is C14H12N8. The molecule has 0 unspecified atom stereocenters. The highest BCUT2D eigenvalue weighted by Crippen LogP contribution is 2.19. The third-order valence-electron chi connectivity index (χ3n) is 2.53. The van der Waals surface area contributed by atoms with E-state index in [9.17, 15) is 0 Å². The molecule has 2 aromatic carbocycles. The van der Waals surface area contributed by atoms with Gasteiger partial charge >= 0.3 is 0 Å². The van der Waals surface area contributed by atoms with Crippen molar-refractivity contribution in [1.29, 1.82) is 5.53 Å². The summed E-state index contributed by atoms with van der Waals surface area (Å²) in [6.45, 7) is 0. The molecule has 2 rings (SSSR count). The molecule has 0 saturated heterocycles. The first kappa shape index (κ1) is 15.0. The van der Waals surface area contributed by atoms with Crippen LogP contribution in [0.15, 0.2) is 97.1 Å². The van der Waals surface area contributed by atoms with E-state index in [1.807, 2.05) is 66.7 Å². The topological polar surface area (TPSA) is 110 Å². The first-order valence-corrected chi connectivity index (χ1v) is 6.30. The van der Waals surface area contributed by atoms with Crippen molar-refractivity contribution in [3.8, 4) is 0 Å². The third-order valence-corrected chi connectivity index (χ3v) is 2.53. The summed E-state index contributed by atoms with van der Waals surface area (Å²) in [4.78, 5) is 0. The third kappa shape index (κ3) is 4.93. The molecule has 0 atom stereocenters. The molecule has 0 saturated carbocycles. The van der Waals surface area contributed by atoms with E-state index in [0.717, 1.165) is 11.1 Å². The molecule has 22 heavy (non-hydrogen) atoms. The Morgan fingerprint density at radius 3 is 2.00 bits per heavy atom. The second kappa shape index (κ2) is 8.69. The number of nitrogens with one attached hydrogen (secondary N) is 1. The van der Waals surface area contributed by atoms with E-state index in [0.29, 0.717) is 5.70 Å². The fourth-order valence-corrected chi connectivity index (χ4v) is 1.63. The molecule has 0 spiro atoms. The van der Waals surface area contributed by atoms with Crippen molar-refractivity contribution in [2.24, 2.45) is 36.5 Å². The van der Waals surface area contributed by atoms with Gasteiger partial charge in [-0.25, -0.2) is 0 Å². The van der Waals surface area contributed by atoms with Gasteiger partial charge in [0, 0.05) is 5.56 Å². The molecule has 0 bridgehead atoms.